The van der Waals surface area contributed by atoms with E-state index in [9.17, 15) is 4.79 Å². The molecule has 0 aromatic heterocycles. The maximum atomic E-state index is 12.6. The van der Waals surface area contributed by atoms with Crippen LogP contribution in [0.5, 0.6) is 11.5 Å². The van der Waals surface area contributed by atoms with Gasteiger partial charge < -0.3 is 19.7 Å². The van der Waals surface area contributed by atoms with E-state index in [-0.39, 0.29) is 5.91 Å². The van der Waals surface area contributed by atoms with E-state index < -0.39 is 0 Å². The van der Waals surface area contributed by atoms with Gasteiger partial charge in [-0.25, -0.2) is 0 Å². The zero-order chi connectivity index (χ0) is 21.6. The highest BCUT2D eigenvalue weighted by atomic mass is 16.5. The van der Waals surface area contributed by atoms with Gasteiger partial charge >= 0.3 is 0 Å². The summed E-state index contributed by atoms with van der Waals surface area (Å²) in [4.78, 5) is 17.3. The zero-order valence-electron chi connectivity index (χ0n) is 18.7. The second-order valence-corrected chi connectivity index (χ2v) is 8.43. The van der Waals surface area contributed by atoms with E-state index >= 15 is 0 Å². The van der Waals surface area contributed by atoms with Crippen molar-refractivity contribution in [2.24, 2.45) is 0 Å². The Morgan fingerprint density at radius 2 is 1.55 bits per heavy atom. The van der Waals surface area contributed by atoms with Gasteiger partial charge in [0.1, 0.15) is 0 Å². The third kappa shape index (κ3) is 5.31. The number of fused-ring (bicyclic) bond motifs is 1. The first-order valence-electron chi connectivity index (χ1n) is 11.3. The topological polar surface area (TPSA) is 54.0 Å². The highest BCUT2D eigenvalue weighted by Crippen LogP contribution is 2.33. The minimum absolute atomic E-state index is 0.0199. The fourth-order valence-corrected chi connectivity index (χ4v) is 4.56. The van der Waals surface area contributed by atoms with Crippen molar-refractivity contribution >= 4 is 17.3 Å². The molecule has 0 radical (unpaired) electrons. The Morgan fingerprint density at radius 3 is 2.19 bits per heavy atom. The number of methoxy groups -OCH3 is 2. The van der Waals surface area contributed by atoms with Gasteiger partial charge in [-0.3, -0.25) is 9.69 Å². The minimum Gasteiger partial charge on any atom is -0.493 e. The van der Waals surface area contributed by atoms with Crippen LogP contribution >= 0.6 is 0 Å². The van der Waals surface area contributed by atoms with E-state index in [0.717, 1.165) is 49.8 Å². The van der Waals surface area contributed by atoms with Crippen LogP contribution in [-0.4, -0.2) is 51.2 Å². The van der Waals surface area contributed by atoms with Gasteiger partial charge in [0.2, 0.25) is 5.91 Å². The van der Waals surface area contributed by atoms with Gasteiger partial charge in [0.15, 0.2) is 11.5 Å². The van der Waals surface area contributed by atoms with Crippen molar-refractivity contribution in [3.8, 4) is 11.5 Å². The highest BCUT2D eigenvalue weighted by Gasteiger charge is 2.21. The molecule has 6 nitrogen and oxygen atoms in total. The Bertz CT molecular complexity index is 890. The van der Waals surface area contributed by atoms with Gasteiger partial charge in [0, 0.05) is 37.6 Å². The quantitative estimate of drug-likeness (QED) is 0.759. The van der Waals surface area contributed by atoms with Crippen LogP contribution in [0.15, 0.2) is 36.4 Å². The molecule has 1 saturated heterocycles. The van der Waals surface area contributed by atoms with E-state index in [1.807, 2.05) is 18.2 Å². The molecule has 1 fully saturated rings. The lowest BCUT2D eigenvalue weighted by atomic mass is 9.99. The fourth-order valence-electron chi connectivity index (χ4n) is 4.56. The van der Waals surface area contributed by atoms with Gasteiger partial charge in [-0.15, -0.1) is 0 Å². The van der Waals surface area contributed by atoms with Crippen LogP contribution in [0, 0.1) is 0 Å². The van der Waals surface area contributed by atoms with E-state index in [4.69, 9.17) is 9.47 Å². The molecule has 2 aliphatic heterocycles. The maximum Gasteiger partial charge on any atom is 0.238 e. The number of hydrogen-bond acceptors (Lipinski definition) is 5. The third-order valence-corrected chi connectivity index (χ3v) is 6.29. The van der Waals surface area contributed by atoms with Crippen LogP contribution in [0.2, 0.25) is 0 Å². The summed E-state index contributed by atoms with van der Waals surface area (Å²) >= 11 is 0. The van der Waals surface area contributed by atoms with E-state index in [1.54, 1.807) is 14.2 Å². The lowest BCUT2D eigenvalue weighted by Crippen LogP contribution is -2.37. The molecule has 0 atom stereocenters. The lowest BCUT2D eigenvalue weighted by Gasteiger charge is -2.29. The Morgan fingerprint density at radius 1 is 0.903 bits per heavy atom. The molecule has 2 aliphatic rings. The summed E-state index contributed by atoms with van der Waals surface area (Å²) in [6, 6.07) is 12.4. The molecular weight excluding hydrogens is 390 g/mol. The number of hydrogen-bond donors (Lipinski definition) is 1. The number of nitrogens with one attached hydrogen (secondary N) is 1. The minimum atomic E-state index is 0.0199. The van der Waals surface area contributed by atoms with Crippen LogP contribution < -0.4 is 19.7 Å². The second kappa shape index (κ2) is 10.1. The van der Waals surface area contributed by atoms with Crippen LogP contribution in [0.3, 0.4) is 0 Å². The Kier molecular flexibility index (Phi) is 6.97. The number of rotatable bonds is 6. The molecule has 1 N–H and O–H groups in total. The van der Waals surface area contributed by atoms with E-state index in [0.29, 0.717) is 6.54 Å². The number of benzene rings is 2. The lowest BCUT2D eigenvalue weighted by molar-refractivity contribution is -0.117. The smallest absolute Gasteiger partial charge is 0.238 e. The van der Waals surface area contributed by atoms with Crippen molar-refractivity contribution in [2.45, 2.75) is 38.6 Å². The summed E-state index contributed by atoms with van der Waals surface area (Å²) in [6.45, 7) is 4.21. The summed E-state index contributed by atoms with van der Waals surface area (Å²) < 4.78 is 10.8. The Balaban J connectivity index is 1.33. The summed E-state index contributed by atoms with van der Waals surface area (Å²) in [5.41, 5.74) is 4.56. The molecule has 2 heterocycles. The summed E-state index contributed by atoms with van der Waals surface area (Å²) in [5, 5.41) is 3.05. The van der Waals surface area contributed by atoms with Crippen molar-refractivity contribution in [3.63, 3.8) is 0 Å². The molecule has 0 spiro atoms. The molecule has 0 saturated carbocycles. The van der Waals surface area contributed by atoms with E-state index in [1.165, 1.54) is 42.5 Å². The zero-order valence-corrected chi connectivity index (χ0v) is 18.7. The van der Waals surface area contributed by atoms with Crippen molar-refractivity contribution in [3.05, 3.63) is 47.5 Å². The van der Waals surface area contributed by atoms with Gasteiger partial charge in [-0.1, -0.05) is 12.8 Å². The summed E-state index contributed by atoms with van der Waals surface area (Å²) in [6.07, 6.45) is 6.07. The average Bonchev–Trinajstić information content (AvgIpc) is 3.08. The number of anilines is 2. The number of ether oxygens (including phenoxy) is 2. The maximum absolute atomic E-state index is 12.6. The predicted molar refractivity (Wildman–Crippen MR) is 124 cm³/mol. The molecule has 2 aromatic rings. The molecule has 6 heteroatoms. The number of carbonyl (C=O) groups is 1. The van der Waals surface area contributed by atoms with Gasteiger partial charge in [-0.05, 0) is 66.8 Å². The van der Waals surface area contributed by atoms with Crippen molar-refractivity contribution in [2.75, 3.05) is 50.6 Å². The molecular formula is C25H33N3O3. The molecule has 1 amide bonds. The van der Waals surface area contributed by atoms with E-state index in [2.05, 4.69) is 33.3 Å². The monoisotopic (exact) mass is 423 g/mol. The molecule has 31 heavy (non-hydrogen) atoms. The SMILES string of the molecule is COc1cc2c(cc1OC)CN(CC(=O)Nc1ccc(N3CCCCCC3)cc1)CC2. The molecule has 2 aromatic carbocycles. The molecule has 166 valence electrons. The number of carbonyl (C=O) groups excluding carboxylic acids is 1. The standard InChI is InChI=1S/C25H33N3O3/c1-30-23-15-19-11-14-27(17-20(19)16-24(23)31-2)18-25(29)26-21-7-9-22(10-8-21)28-12-5-3-4-6-13-28/h7-10,15-16H,3-6,11-14,17-18H2,1-2H3,(H,26,29). The first-order chi connectivity index (χ1) is 15.2. The Hall–Kier alpha value is -2.73. The first kappa shape index (κ1) is 21.5. The Labute approximate surface area is 185 Å². The van der Waals surface area contributed by atoms with Crippen LogP contribution in [0.4, 0.5) is 11.4 Å². The number of nitrogens with zero attached hydrogens (tertiary/aromatic N) is 2. The fraction of sp³-hybridized carbons (Fsp3) is 0.480. The normalized spacial score (nSPS) is 16.9. The van der Waals surface area contributed by atoms with Crippen molar-refractivity contribution in [1.82, 2.24) is 4.90 Å². The van der Waals surface area contributed by atoms with Crippen molar-refractivity contribution < 1.29 is 14.3 Å². The van der Waals surface area contributed by atoms with Crippen molar-refractivity contribution in [1.29, 1.82) is 0 Å². The molecule has 0 aliphatic carbocycles. The average molecular weight is 424 g/mol. The van der Waals surface area contributed by atoms with Crippen LogP contribution in [-0.2, 0) is 17.8 Å². The largest absolute Gasteiger partial charge is 0.493 e. The second-order valence-electron chi connectivity index (χ2n) is 8.43. The highest BCUT2D eigenvalue weighted by molar-refractivity contribution is 5.92. The van der Waals surface area contributed by atoms with Crippen LogP contribution in [0.25, 0.3) is 0 Å². The van der Waals surface area contributed by atoms with Gasteiger partial charge in [-0.2, -0.15) is 0 Å². The van der Waals surface area contributed by atoms with Crippen LogP contribution in [0.1, 0.15) is 36.8 Å². The molecule has 4 rings (SSSR count). The first-order valence-corrected chi connectivity index (χ1v) is 11.3. The third-order valence-electron chi connectivity index (χ3n) is 6.29. The number of amides is 1. The summed E-state index contributed by atoms with van der Waals surface area (Å²) in [7, 11) is 3.31. The van der Waals surface area contributed by atoms with Gasteiger partial charge in [0.25, 0.3) is 0 Å². The van der Waals surface area contributed by atoms with Gasteiger partial charge in [0.05, 0.1) is 20.8 Å². The predicted octanol–water partition coefficient (Wildman–Crippen LogP) is 4.08. The molecule has 0 unspecified atom stereocenters. The summed E-state index contributed by atoms with van der Waals surface area (Å²) in [5.74, 6) is 1.51. The molecule has 0 bridgehead atoms.